The van der Waals surface area contributed by atoms with Gasteiger partial charge in [-0.05, 0) is 50.5 Å². The Morgan fingerprint density at radius 3 is 2.86 bits per heavy atom. The minimum atomic E-state index is 0.0488. The lowest BCUT2D eigenvalue weighted by Crippen LogP contribution is -2.30. The summed E-state index contributed by atoms with van der Waals surface area (Å²) in [6.07, 6.45) is 4.23. The van der Waals surface area contributed by atoms with Crippen molar-refractivity contribution in [3.63, 3.8) is 0 Å². The Labute approximate surface area is 162 Å². The third-order valence-corrected chi connectivity index (χ3v) is 5.00. The molecule has 2 heterocycles. The monoisotopic (exact) mass is 381 g/mol. The predicted molar refractivity (Wildman–Crippen MR) is 104 cm³/mol. The zero-order valence-corrected chi connectivity index (χ0v) is 15.9. The third kappa shape index (κ3) is 3.60. The van der Waals surface area contributed by atoms with Gasteiger partial charge >= 0.3 is 0 Å². The molecule has 146 valence electrons. The Morgan fingerprint density at radius 1 is 1.29 bits per heavy atom. The lowest BCUT2D eigenvalue weighted by atomic mass is 10.1. The maximum atomic E-state index is 12.0. The van der Waals surface area contributed by atoms with Crippen LogP contribution in [0.5, 0.6) is 5.75 Å². The van der Waals surface area contributed by atoms with Gasteiger partial charge in [-0.3, -0.25) is 4.79 Å². The van der Waals surface area contributed by atoms with Gasteiger partial charge in [0.05, 0.1) is 19.0 Å². The number of carbonyl (C=O) groups excluding carboxylic acids is 1. The minimum Gasteiger partial charge on any atom is -0.497 e. The van der Waals surface area contributed by atoms with Crippen LogP contribution >= 0.6 is 0 Å². The largest absolute Gasteiger partial charge is 0.497 e. The molecule has 1 fully saturated rings. The first kappa shape index (κ1) is 18.1. The molecule has 2 atom stereocenters. The van der Waals surface area contributed by atoms with Crippen LogP contribution in [0.3, 0.4) is 0 Å². The predicted octanol–water partition coefficient (Wildman–Crippen LogP) is 1.94. The lowest BCUT2D eigenvalue weighted by Gasteiger charge is -2.13. The van der Waals surface area contributed by atoms with Crippen LogP contribution in [0.1, 0.15) is 26.2 Å². The van der Waals surface area contributed by atoms with Crippen LogP contribution in [0.25, 0.3) is 16.9 Å². The first-order valence-electron chi connectivity index (χ1n) is 9.45. The van der Waals surface area contributed by atoms with Crippen molar-refractivity contribution in [2.45, 2.75) is 32.2 Å². The van der Waals surface area contributed by atoms with E-state index in [4.69, 9.17) is 4.74 Å². The molecule has 3 aromatic rings. The molecule has 1 aliphatic rings. The fraction of sp³-hybridized carbons (Fsp3) is 0.421. The topological polar surface area (TPSA) is 107 Å². The number of ether oxygens (including phenoxy) is 1. The van der Waals surface area contributed by atoms with Gasteiger partial charge < -0.3 is 15.4 Å². The van der Waals surface area contributed by atoms with Crippen LogP contribution in [-0.4, -0.2) is 50.6 Å². The van der Waals surface area contributed by atoms with E-state index in [1.807, 2.05) is 31.2 Å². The quantitative estimate of drug-likeness (QED) is 0.672. The van der Waals surface area contributed by atoms with Crippen LogP contribution < -0.4 is 15.4 Å². The molecule has 0 spiro atoms. The van der Waals surface area contributed by atoms with E-state index >= 15 is 0 Å². The van der Waals surface area contributed by atoms with Crippen molar-refractivity contribution in [2.75, 3.05) is 19.0 Å². The number of hydrogen-bond acceptors (Lipinski definition) is 7. The van der Waals surface area contributed by atoms with E-state index in [1.165, 1.54) is 0 Å². The van der Waals surface area contributed by atoms with Gasteiger partial charge in [-0.2, -0.15) is 9.67 Å². The van der Waals surface area contributed by atoms with Crippen molar-refractivity contribution < 1.29 is 9.53 Å². The molecule has 0 saturated heterocycles. The van der Waals surface area contributed by atoms with E-state index in [-0.39, 0.29) is 17.9 Å². The summed E-state index contributed by atoms with van der Waals surface area (Å²) in [5, 5.41) is 14.6. The molecule has 9 heteroatoms. The van der Waals surface area contributed by atoms with E-state index < -0.39 is 0 Å². The Morgan fingerprint density at radius 2 is 2.11 bits per heavy atom. The summed E-state index contributed by atoms with van der Waals surface area (Å²) < 4.78 is 6.87. The van der Waals surface area contributed by atoms with Crippen LogP contribution in [0.4, 0.5) is 5.95 Å². The average Bonchev–Trinajstić information content (AvgIpc) is 3.35. The van der Waals surface area contributed by atoms with Crippen molar-refractivity contribution in [1.82, 2.24) is 30.3 Å². The number of fused-ring (bicyclic) bond motifs is 1. The molecule has 1 amide bonds. The fourth-order valence-corrected chi connectivity index (χ4v) is 3.55. The number of methoxy groups -OCH3 is 1. The number of anilines is 1. The summed E-state index contributed by atoms with van der Waals surface area (Å²) in [6.45, 7) is 2.60. The highest BCUT2D eigenvalue weighted by Gasteiger charge is 2.30. The summed E-state index contributed by atoms with van der Waals surface area (Å²) in [6, 6.07) is 7.70. The van der Waals surface area contributed by atoms with Crippen molar-refractivity contribution in [2.24, 2.45) is 5.92 Å². The van der Waals surface area contributed by atoms with Gasteiger partial charge in [0.25, 0.3) is 0 Å². The summed E-state index contributed by atoms with van der Waals surface area (Å²) in [7, 11) is 1.63. The van der Waals surface area contributed by atoms with Crippen molar-refractivity contribution in [1.29, 1.82) is 0 Å². The number of amides is 1. The van der Waals surface area contributed by atoms with Crippen LogP contribution in [0.15, 0.2) is 30.5 Å². The second-order valence-corrected chi connectivity index (χ2v) is 6.85. The first-order valence-corrected chi connectivity index (χ1v) is 9.45. The second-order valence-electron chi connectivity index (χ2n) is 6.85. The first-order chi connectivity index (χ1) is 13.7. The average molecular weight is 381 g/mol. The van der Waals surface area contributed by atoms with E-state index in [1.54, 1.807) is 18.0 Å². The summed E-state index contributed by atoms with van der Waals surface area (Å²) in [5.41, 5.74) is 2.08. The molecule has 2 N–H and O–H groups in total. The molecule has 1 aromatic carbocycles. The van der Waals surface area contributed by atoms with E-state index in [0.717, 1.165) is 30.7 Å². The van der Waals surface area contributed by atoms with Gasteiger partial charge in [0, 0.05) is 18.5 Å². The SMILES string of the molecule is CCNC(=O)C1CCC(Nc2ncc3nnn(-c4ccc(OC)cc4)c3n2)C1. The number of aromatic nitrogens is 5. The molecule has 4 rings (SSSR count). The Balaban J connectivity index is 1.52. The molecule has 9 nitrogen and oxygen atoms in total. The highest BCUT2D eigenvalue weighted by atomic mass is 16.5. The molecule has 0 radical (unpaired) electrons. The van der Waals surface area contributed by atoms with Crippen molar-refractivity contribution in [3.8, 4) is 11.4 Å². The van der Waals surface area contributed by atoms with Crippen molar-refractivity contribution >= 4 is 23.0 Å². The summed E-state index contributed by atoms with van der Waals surface area (Å²) >= 11 is 0. The highest BCUT2D eigenvalue weighted by Crippen LogP contribution is 2.28. The summed E-state index contributed by atoms with van der Waals surface area (Å²) in [4.78, 5) is 21.0. The fourth-order valence-electron chi connectivity index (χ4n) is 3.55. The summed E-state index contributed by atoms with van der Waals surface area (Å²) in [5.74, 6) is 1.47. The number of benzene rings is 1. The maximum Gasteiger partial charge on any atom is 0.225 e. The van der Waals surface area contributed by atoms with E-state index in [0.29, 0.717) is 23.7 Å². The van der Waals surface area contributed by atoms with Crippen LogP contribution in [0.2, 0.25) is 0 Å². The van der Waals surface area contributed by atoms with Crippen LogP contribution in [-0.2, 0) is 4.79 Å². The van der Waals surface area contributed by atoms with Gasteiger partial charge in [-0.1, -0.05) is 5.21 Å². The zero-order valence-electron chi connectivity index (χ0n) is 15.9. The van der Waals surface area contributed by atoms with Gasteiger partial charge in [-0.25, -0.2) is 4.98 Å². The Kier molecular flexibility index (Phi) is 5.05. The minimum absolute atomic E-state index is 0.0488. The highest BCUT2D eigenvalue weighted by molar-refractivity contribution is 5.79. The molecular formula is C19H23N7O2. The smallest absolute Gasteiger partial charge is 0.225 e. The van der Waals surface area contributed by atoms with Gasteiger partial charge in [0.1, 0.15) is 5.75 Å². The van der Waals surface area contributed by atoms with Crippen LogP contribution in [0, 0.1) is 5.92 Å². The second kappa shape index (κ2) is 7.79. The number of nitrogens with zero attached hydrogens (tertiary/aromatic N) is 5. The van der Waals surface area contributed by atoms with Gasteiger partial charge in [0.2, 0.25) is 11.9 Å². The molecule has 2 unspecified atom stereocenters. The Hall–Kier alpha value is -3.23. The van der Waals surface area contributed by atoms with Crippen molar-refractivity contribution in [3.05, 3.63) is 30.5 Å². The molecular weight excluding hydrogens is 358 g/mol. The number of hydrogen-bond donors (Lipinski definition) is 2. The lowest BCUT2D eigenvalue weighted by molar-refractivity contribution is -0.124. The molecule has 28 heavy (non-hydrogen) atoms. The van der Waals surface area contributed by atoms with E-state index in [9.17, 15) is 4.79 Å². The third-order valence-electron chi connectivity index (χ3n) is 5.00. The maximum absolute atomic E-state index is 12.0. The number of rotatable bonds is 6. The molecule has 0 aliphatic heterocycles. The molecule has 1 aliphatic carbocycles. The number of nitrogens with one attached hydrogen (secondary N) is 2. The normalized spacial score (nSPS) is 18.9. The molecule has 2 aromatic heterocycles. The Bertz CT molecular complexity index is 970. The molecule has 1 saturated carbocycles. The number of carbonyl (C=O) groups is 1. The molecule has 0 bridgehead atoms. The van der Waals surface area contributed by atoms with Gasteiger partial charge in [0.15, 0.2) is 11.2 Å². The standard InChI is InChI=1S/C19H23N7O2/c1-3-20-18(27)12-4-5-13(10-12)22-19-21-11-16-17(23-19)26(25-24-16)14-6-8-15(28-2)9-7-14/h6-9,11-13H,3-5,10H2,1-2H3,(H,20,27)(H,21,22,23). The van der Waals surface area contributed by atoms with E-state index in [2.05, 4.69) is 30.9 Å². The zero-order chi connectivity index (χ0) is 19.5. The van der Waals surface area contributed by atoms with Gasteiger partial charge in [-0.15, -0.1) is 5.10 Å².